The molecule has 1 saturated heterocycles. The second kappa shape index (κ2) is 6.91. The molecule has 2 N–H and O–H groups in total. The highest BCUT2D eigenvalue weighted by Crippen LogP contribution is 2.21. The van der Waals surface area contributed by atoms with Crippen LogP contribution in [0.15, 0.2) is 30.6 Å². The first-order valence-corrected chi connectivity index (χ1v) is 8.22. The van der Waals surface area contributed by atoms with E-state index in [0.717, 1.165) is 43.9 Å². The molecule has 3 heterocycles. The number of likely N-dealkylation sites (tertiary alicyclic amines) is 1. The number of hydrogen-bond donors (Lipinski definition) is 1. The molecule has 0 aliphatic carbocycles. The minimum absolute atomic E-state index is 0.0690. The summed E-state index contributed by atoms with van der Waals surface area (Å²) in [5, 5.41) is 4.39. The van der Waals surface area contributed by atoms with Crippen molar-refractivity contribution in [3.05, 3.63) is 41.9 Å². The average Bonchev–Trinajstić information content (AvgIpc) is 3.06. The molecule has 6 nitrogen and oxygen atoms in total. The van der Waals surface area contributed by atoms with Crippen molar-refractivity contribution in [1.29, 1.82) is 0 Å². The highest BCUT2D eigenvalue weighted by atomic mass is 16.2. The maximum absolute atomic E-state index is 12.8. The third-order valence-corrected chi connectivity index (χ3v) is 4.54. The summed E-state index contributed by atoms with van der Waals surface area (Å²) in [4.78, 5) is 19.1. The molecule has 0 atom stereocenters. The Kier molecular flexibility index (Phi) is 4.71. The number of pyridine rings is 1. The second-order valence-corrected chi connectivity index (χ2v) is 5.93. The van der Waals surface area contributed by atoms with Gasteiger partial charge >= 0.3 is 0 Å². The van der Waals surface area contributed by atoms with Gasteiger partial charge in [0.15, 0.2) is 5.82 Å². The fourth-order valence-corrected chi connectivity index (χ4v) is 3.11. The van der Waals surface area contributed by atoms with E-state index in [0.29, 0.717) is 18.0 Å². The smallest absolute Gasteiger partial charge is 0.257 e. The van der Waals surface area contributed by atoms with Gasteiger partial charge < -0.3 is 10.6 Å². The zero-order chi connectivity index (χ0) is 16.2. The molecule has 1 fully saturated rings. The van der Waals surface area contributed by atoms with E-state index in [9.17, 15) is 4.79 Å². The summed E-state index contributed by atoms with van der Waals surface area (Å²) < 4.78 is 1.76. The van der Waals surface area contributed by atoms with Gasteiger partial charge in [0, 0.05) is 19.3 Å². The van der Waals surface area contributed by atoms with Crippen LogP contribution in [0.4, 0.5) is 0 Å². The van der Waals surface area contributed by atoms with Crippen molar-refractivity contribution in [3.8, 4) is 5.82 Å². The van der Waals surface area contributed by atoms with Crippen LogP contribution in [0.5, 0.6) is 0 Å². The summed E-state index contributed by atoms with van der Waals surface area (Å²) in [7, 11) is 0. The Balaban J connectivity index is 1.83. The zero-order valence-electron chi connectivity index (χ0n) is 13.5. The summed E-state index contributed by atoms with van der Waals surface area (Å²) in [5.41, 5.74) is 7.32. The molecule has 0 aromatic carbocycles. The molecule has 6 heteroatoms. The summed E-state index contributed by atoms with van der Waals surface area (Å²) in [6.45, 7) is 4.30. The predicted molar refractivity (Wildman–Crippen MR) is 88.4 cm³/mol. The monoisotopic (exact) mass is 313 g/mol. The molecule has 1 aliphatic heterocycles. The maximum atomic E-state index is 12.8. The number of carbonyl (C=O) groups excluding carboxylic acids is 1. The number of rotatable bonds is 4. The van der Waals surface area contributed by atoms with Gasteiger partial charge in [-0.15, -0.1) is 0 Å². The van der Waals surface area contributed by atoms with Crippen LogP contribution in [-0.4, -0.2) is 45.2 Å². The van der Waals surface area contributed by atoms with Crippen LogP contribution in [0.2, 0.25) is 0 Å². The Morgan fingerprint density at radius 2 is 2.13 bits per heavy atom. The third-order valence-electron chi connectivity index (χ3n) is 4.54. The first-order chi connectivity index (χ1) is 11.2. The van der Waals surface area contributed by atoms with Crippen LogP contribution in [0, 0.1) is 5.92 Å². The van der Waals surface area contributed by atoms with Gasteiger partial charge in [0.1, 0.15) is 0 Å². The summed E-state index contributed by atoms with van der Waals surface area (Å²) in [6.07, 6.45) is 6.10. The van der Waals surface area contributed by atoms with Crippen molar-refractivity contribution in [2.24, 2.45) is 11.7 Å². The predicted octanol–water partition coefficient (Wildman–Crippen LogP) is 1.64. The highest BCUT2D eigenvalue weighted by molar-refractivity contribution is 5.95. The van der Waals surface area contributed by atoms with Crippen LogP contribution in [0.25, 0.3) is 5.82 Å². The number of hydrogen-bond acceptors (Lipinski definition) is 4. The van der Waals surface area contributed by atoms with E-state index >= 15 is 0 Å². The van der Waals surface area contributed by atoms with Gasteiger partial charge in [0.05, 0.1) is 17.5 Å². The quantitative estimate of drug-likeness (QED) is 0.931. The average molecular weight is 313 g/mol. The van der Waals surface area contributed by atoms with E-state index < -0.39 is 0 Å². The molecule has 0 radical (unpaired) electrons. The fraction of sp³-hybridized carbons (Fsp3) is 0.471. The van der Waals surface area contributed by atoms with E-state index in [1.165, 1.54) is 0 Å². The van der Waals surface area contributed by atoms with E-state index in [-0.39, 0.29) is 5.91 Å². The van der Waals surface area contributed by atoms with Crippen molar-refractivity contribution in [3.63, 3.8) is 0 Å². The molecule has 23 heavy (non-hydrogen) atoms. The Labute approximate surface area is 136 Å². The van der Waals surface area contributed by atoms with E-state index in [1.54, 1.807) is 17.1 Å². The standard InChI is InChI=1S/C17H23N5O/c1-2-15-14(12-20-22(15)16-5-3-4-8-19-16)17(23)21-9-6-13(11-18)7-10-21/h3-5,8,12-13H,2,6-7,9-11,18H2,1H3. The Morgan fingerprint density at radius 3 is 2.74 bits per heavy atom. The lowest BCUT2D eigenvalue weighted by Crippen LogP contribution is -2.40. The molecular weight excluding hydrogens is 290 g/mol. The number of nitrogens with two attached hydrogens (primary N) is 1. The topological polar surface area (TPSA) is 77.0 Å². The molecule has 0 saturated carbocycles. The normalized spacial score (nSPS) is 15.8. The lowest BCUT2D eigenvalue weighted by Gasteiger charge is -2.31. The maximum Gasteiger partial charge on any atom is 0.257 e. The third kappa shape index (κ3) is 3.12. The van der Waals surface area contributed by atoms with E-state index in [4.69, 9.17) is 5.73 Å². The zero-order valence-corrected chi connectivity index (χ0v) is 13.5. The minimum atomic E-state index is 0.0690. The summed E-state index contributed by atoms with van der Waals surface area (Å²) in [5.74, 6) is 1.35. The van der Waals surface area contributed by atoms with E-state index in [2.05, 4.69) is 10.1 Å². The number of nitrogens with zero attached hydrogens (tertiary/aromatic N) is 4. The largest absolute Gasteiger partial charge is 0.339 e. The van der Waals surface area contributed by atoms with E-state index in [1.807, 2.05) is 30.0 Å². The minimum Gasteiger partial charge on any atom is -0.339 e. The summed E-state index contributed by atoms with van der Waals surface area (Å²) in [6, 6.07) is 5.68. The number of carbonyl (C=O) groups is 1. The lowest BCUT2D eigenvalue weighted by atomic mass is 9.96. The number of amides is 1. The molecule has 1 amide bonds. The molecule has 0 bridgehead atoms. The van der Waals surface area contributed by atoms with Crippen molar-refractivity contribution in [2.75, 3.05) is 19.6 Å². The van der Waals surface area contributed by atoms with Crippen LogP contribution in [-0.2, 0) is 6.42 Å². The Morgan fingerprint density at radius 1 is 1.35 bits per heavy atom. The van der Waals surface area contributed by atoms with Crippen LogP contribution in [0.3, 0.4) is 0 Å². The highest BCUT2D eigenvalue weighted by Gasteiger charge is 2.26. The molecular formula is C17H23N5O. The lowest BCUT2D eigenvalue weighted by molar-refractivity contribution is 0.0692. The van der Waals surface area contributed by atoms with Crippen LogP contribution in [0.1, 0.15) is 35.8 Å². The van der Waals surface area contributed by atoms with Crippen LogP contribution < -0.4 is 5.73 Å². The van der Waals surface area contributed by atoms with Crippen molar-refractivity contribution < 1.29 is 4.79 Å². The van der Waals surface area contributed by atoms with Crippen LogP contribution >= 0.6 is 0 Å². The van der Waals surface area contributed by atoms with Gasteiger partial charge in [0.2, 0.25) is 0 Å². The molecule has 122 valence electrons. The Hall–Kier alpha value is -2.21. The first kappa shape index (κ1) is 15.7. The SMILES string of the molecule is CCc1c(C(=O)N2CCC(CN)CC2)cnn1-c1ccccn1. The molecule has 0 spiro atoms. The van der Waals surface area contributed by atoms with Gasteiger partial charge in [-0.2, -0.15) is 5.10 Å². The van der Waals surface area contributed by atoms with Gasteiger partial charge in [-0.1, -0.05) is 13.0 Å². The molecule has 2 aromatic rings. The first-order valence-electron chi connectivity index (χ1n) is 8.22. The van der Waals surface area contributed by atoms with Gasteiger partial charge in [0.25, 0.3) is 5.91 Å². The molecule has 3 rings (SSSR count). The van der Waals surface area contributed by atoms with Crippen molar-refractivity contribution in [1.82, 2.24) is 19.7 Å². The number of aromatic nitrogens is 3. The summed E-state index contributed by atoms with van der Waals surface area (Å²) >= 11 is 0. The second-order valence-electron chi connectivity index (χ2n) is 5.93. The fourth-order valence-electron chi connectivity index (χ4n) is 3.11. The molecule has 0 unspecified atom stereocenters. The molecule has 1 aliphatic rings. The van der Waals surface area contributed by atoms with Gasteiger partial charge in [-0.05, 0) is 43.9 Å². The number of piperidine rings is 1. The van der Waals surface area contributed by atoms with Crippen molar-refractivity contribution >= 4 is 5.91 Å². The van der Waals surface area contributed by atoms with Crippen molar-refractivity contribution in [2.45, 2.75) is 26.2 Å². The van der Waals surface area contributed by atoms with Gasteiger partial charge in [-0.25, -0.2) is 9.67 Å². The molecule has 2 aromatic heterocycles. The Bertz CT molecular complexity index is 659. The van der Waals surface area contributed by atoms with Gasteiger partial charge in [-0.3, -0.25) is 4.79 Å².